The molecule has 14 heavy (non-hydrogen) atoms. The van der Waals surface area contributed by atoms with Crippen molar-refractivity contribution in [1.29, 1.82) is 0 Å². The zero-order chi connectivity index (χ0) is 10.5. The van der Waals surface area contributed by atoms with Crippen LogP contribution in [0.1, 0.15) is 34.6 Å². The normalized spacial score (nSPS) is 51.6. The molecule has 0 N–H and O–H groups in total. The van der Waals surface area contributed by atoms with Crippen LogP contribution in [0.4, 0.5) is 0 Å². The number of rotatable bonds is 0. The Morgan fingerprint density at radius 3 is 2.21 bits per heavy atom. The van der Waals surface area contributed by atoms with Crippen molar-refractivity contribution in [2.75, 3.05) is 0 Å². The van der Waals surface area contributed by atoms with Crippen molar-refractivity contribution in [2.24, 2.45) is 11.8 Å². The first-order chi connectivity index (χ1) is 6.41. The van der Waals surface area contributed by atoms with E-state index in [4.69, 9.17) is 14.2 Å². The summed E-state index contributed by atoms with van der Waals surface area (Å²) in [7, 11) is 0. The van der Waals surface area contributed by atoms with Crippen LogP contribution in [0, 0.1) is 11.8 Å². The third-order valence-electron chi connectivity index (χ3n) is 3.52. The summed E-state index contributed by atoms with van der Waals surface area (Å²) in [6, 6.07) is 0. The fourth-order valence-corrected chi connectivity index (χ4v) is 2.28. The summed E-state index contributed by atoms with van der Waals surface area (Å²) in [5.74, 6) is 0.521. The van der Waals surface area contributed by atoms with Gasteiger partial charge in [-0.3, -0.25) is 0 Å². The maximum atomic E-state index is 5.84. The van der Waals surface area contributed by atoms with E-state index >= 15 is 0 Å². The number of hydrogen-bond acceptors (Lipinski definition) is 3. The van der Waals surface area contributed by atoms with Crippen LogP contribution in [0.25, 0.3) is 0 Å². The quantitative estimate of drug-likeness (QED) is 0.599. The summed E-state index contributed by atoms with van der Waals surface area (Å²) in [5, 5.41) is 0. The van der Waals surface area contributed by atoms with Crippen molar-refractivity contribution in [3.63, 3.8) is 0 Å². The topological polar surface area (TPSA) is 27.7 Å². The highest BCUT2D eigenvalue weighted by Gasteiger charge is 2.50. The lowest BCUT2D eigenvalue weighted by Gasteiger charge is -2.38. The van der Waals surface area contributed by atoms with Crippen molar-refractivity contribution in [1.82, 2.24) is 0 Å². The van der Waals surface area contributed by atoms with Gasteiger partial charge in [-0.05, 0) is 32.6 Å². The van der Waals surface area contributed by atoms with Gasteiger partial charge in [0.15, 0.2) is 12.1 Å². The minimum Gasteiger partial charge on any atom is -0.347 e. The highest BCUT2D eigenvalue weighted by molar-refractivity contribution is 4.88. The van der Waals surface area contributed by atoms with Crippen LogP contribution in [-0.2, 0) is 14.2 Å². The first-order valence-electron chi connectivity index (χ1n) is 5.42. The SMILES string of the molecule is C[C@@H]1[C@H](C)OC2OC(C)(C)OC2[C@@H]1C. The van der Waals surface area contributed by atoms with E-state index in [2.05, 4.69) is 20.8 Å². The van der Waals surface area contributed by atoms with Crippen molar-refractivity contribution >= 4 is 0 Å². The molecule has 2 rings (SSSR count). The summed E-state index contributed by atoms with van der Waals surface area (Å²) < 4.78 is 17.3. The van der Waals surface area contributed by atoms with E-state index in [0.717, 1.165) is 0 Å². The van der Waals surface area contributed by atoms with E-state index in [1.54, 1.807) is 0 Å². The molecule has 2 fully saturated rings. The Morgan fingerprint density at radius 2 is 1.57 bits per heavy atom. The van der Waals surface area contributed by atoms with Gasteiger partial charge >= 0.3 is 0 Å². The van der Waals surface area contributed by atoms with Gasteiger partial charge in [0.1, 0.15) is 6.10 Å². The summed E-state index contributed by atoms with van der Waals surface area (Å²) in [6.07, 6.45) is 0.172. The van der Waals surface area contributed by atoms with Crippen molar-refractivity contribution in [3.8, 4) is 0 Å². The molecule has 2 aliphatic heterocycles. The third-order valence-corrected chi connectivity index (χ3v) is 3.52. The minimum absolute atomic E-state index is 0.0937. The second-order valence-electron chi connectivity index (χ2n) is 5.03. The van der Waals surface area contributed by atoms with Crippen LogP contribution in [0.5, 0.6) is 0 Å². The molecule has 0 bridgehead atoms. The molecule has 0 spiro atoms. The molecule has 2 unspecified atom stereocenters. The fourth-order valence-electron chi connectivity index (χ4n) is 2.28. The van der Waals surface area contributed by atoms with E-state index < -0.39 is 5.79 Å². The Kier molecular flexibility index (Phi) is 2.37. The lowest BCUT2D eigenvalue weighted by Crippen LogP contribution is -2.46. The molecule has 82 valence electrons. The average Bonchev–Trinajstić information content (AvgIpc) is 2.37. The van der Waals surface area contributed by atoms with Gasteiger partial charge < -0.3 is 14.2 Å². The maximum absolute atomic E-state index is 5.84. The molecule has 3 heteroatoms. The Hall–Kier alpha value is -0.120. The highest BCUT2D eigenvalue weighted by Crippen LogP contribution is 2.41. The molecular formula is C11H20O3. The summed E-state index contributed by atoms with van der Waals surface area (Å²) in [6.45, 7) is 10.4. The van der Waals surface area contributed by atoms with Crippen molar-refractivity contribution in [2.45, 2.75) is 58.9 Å². The lowest BCUT2D eigenvalue weighted by atomic mass is 9.84. The van der Waals surface area contributed by atoms with Crippen LogP contribution >= 0.6 is 0 Å². The summed E-state index contributed by atoms with van der Waals surface area (Å²) >= 11 is 0. The van der Waals surface area contributed by atoms with Gasteiger partial charge in [-0.1, -0.05) is 13.8 Å². The first-order valence-corrected chi connectivity index (χ1v) is 5.42. The second kappa shape index (κ2) is 3.19. The van der Waals surface area contributed by atoms with Gasteiger partial charge in [-0.15, -0.1) is 0 Å². The van der Waals surface area contributed by atoms with Gasteiger partial charge in [0, 0.05) is 0 Å². The fraction of sp³-hybridized carbons (Fsp3) is 1.00. The Balaban J connectivity index is 2.15. The number of ether oxygens (including phenoxy) is 3. The summed E-state index contributed by atoms with van der Waals surface area (Å²) in [4.78, 5) is 0. The van der Waals surface area contributed by atoms with Crippen LogP contribution in [0.3, 0.4) is 0 Å². The van der Waals surface area contributed by atoms with Crippen molar-refractivity contribution in [3.05, 3.63) is 0 Å². The van der Waals surface area contributed by atoms with E-state index in [1.165, 1.54) is 0 Å². The number of hydrogen-bond donors (Lipinski definition) is 0. The molecular weight excluding hydrogens is 180 g/mol. The molecule has 2 heterocycles. The third kappa shape index (κ3) is 1.58. The Labute approximate surface area is 85.7 Å². The van der Waals surface area contributed by atoms with Gasteiger partial charge in [0.25, 0.3) is 0 Å². The zero-order valence-corrected chi connectivity index (χ0v) is 9.61. The molecule has 0 saturated carbocycles. The summed E-state index contributed by atoms with van der Waals surface area (Å²) in [5.41, 5.74) is 0. The molecule has 0 amide bonds. The average molecular weight is 200 g/mol. The predicted molar refractivity (Wildman–Crippen MR) is 52.7 cm³/mol. The van der Waals surface area contributed by atoms with Crippen molar-refractivity contribution < 1.29 is 14.2 Å². The van der Waals surface area contributed by atoms with Gasteiger partial charge in [0.05, 0.1) is 6.10 Å². The van der Waals surface area contributed by atoms with Gasteiger partial charge in [-0.2, -0.15) is 0 Å². The van der Waals surface area contributed by atoms with Crippen LogP contribution < -0.4 is 0 Å². The van der Waals surface area contributed by atoms with E-state index in [9.17, 15) is 0 Å². The van der Waals surface area contributed by atoms with Gasteiger partial charge in [-0.25, -0.2) is 0 Å². The largest absolute Gasteiger partial charge is 0.347 e. The van der Waals surface area contributed by atoms with E-state index in [1.807, 2.05) is 13.8 Å². The lowest BCUT2D eigenvalue weighted by molar-refractivity contribution is -0.220. The highest BCUT2D eigenvalue weighted by atomic mass is 16.8. The molecule has 2 aliphatic rings. The second-order valence-corrected chi connectivity index (χ2v) is 5.03. The molecule has 0 aliphatic carbocycles. The zero-order valence-electron chi connectivity index (χ0n) is 9.61. The van der Waals surface area contributed by atoms with Crippen LogP contribution in [0.15, 0.2) is 0 Å². The first kappa shape index (κ1) is 10.4. The standard InChI is InChI=1S/C11H20O3/c1-6-7(2)9-10(12-8(6)3)14-11(4,5)13-9/h6-10H,1-5H3/t6-,7+,8-,9?,10?/m0/s1. The Bertz CT molecular complexity index is 227. The predicted octanol–water partition coefficient (Wildman–Crippen LogP) is 2.15. The molecule has 0 radical (unpaired) electrons. The number of fused-ring (bicyclic) bond motifs is 1. The molecule has 3 nitrogen and oxygen atoms in total. The molecule has 0 aromatic rings. The van der Waals surface area contributed by atoms with E-state index in [-0.39, 0.29) is 18.5 Å². The van der Waals surface area contributed by atoms with Gasteiger partial charge in [0.2, 0.25) is 0 Å². The molecule has 2 saturated heterocycles. The Morgan fingerprint density at radius 1 is 0.929 bits per heavy atom. The maximum Gasteiger partial charge on any atom is 0.187 e. The van der Waals surface area contributed by atoms with Crippen LogP contribution in [0.2, 0.25) is 0 Å². The molecule has 0 aromatic heterocycles. The van der Waals surface area contributed by atoms with Crippen LogP contribution in [-0.4, -0.2) is 24.3 Å². The smallest absolute Gasteiger partial charge is 0.187 e. The molecule has 0 aromatic carbocycles. The monoisotopic (exact) mass is 200 g/mol. The van der Waals surface area contributed by atoms with E-state index in [0.29, 0.717) is 11.8 Å². The minimum atomic E-state index is -0.493. The molecule has 5 atom stereocenters.